The number of hydrogen-bond donors (Lipinski definition) is 2. The first-order valence-electron chi connectivity index (χ1n) is 8.26. The molecule has 0 atom stereocenters. The number of benzene rings is 1. The van der Waals surface area contributed by atoms with E-state index in [4.69, 9.17) is 4.74 Å². The Kier molecular flexibility index (Phi) is 7.02. The van der Waals surface area contributed by atoms with E-state index in [0.29, 0.717) is 25.1 Å². The zero-order chi connectivity index (χ0) is 16.1. The van der Waals surface area contributed by atoms with Gasteiger partial charge in [0.25, 0.3) is 0 Å². The van der Waals surface area contributed by atoms with Gasteiger partial charge in [0.05, 0.1) is 24.2 Å². The molecular weight excluding hydrogens is 328 g/mol. The standard InChI is InChI=1S/C17H24N4O2.ClH/c1-23-11-10-18-12-16(22)20-17-19-14-8-4-5-9-15(14)21(17)13-6-2-3-7-13;/h4-5,8-9,13,18H,2-3,6-7,10-12H2,1H3,(H,19,20,22);1H. The molecule has 2 aromatic rings. The minimum atomic E-state index is -0.0735. The van der Waals surface area contributed by atoms with Gasteiger partial charge in [-0.2, -0.15) is 0 Å². The van der Waals surface area contributed by atoms with Gasteiger partial charge < -0.3 is 14.6 Å². The normalized spacial score (nSPS) is 14.7. The highest BCUT2D eigenvalue weighted by Crippen LogP contribution is 2.35. The molecule has 0 saturated heterocycles. The van der Waals surface area contributed by atoms with Crippen LogP contribution in [-0.2, 0) is 9.53 Å². The average molecular weight is 353 g/mol. The van der Waals surface area contributed by atoms with Crippen molar-refractivity contribution in [3.63, 3.8) is 0 Å². The number of aromatic nitrogens is 2. The lowest BCUT2D eigenvalue weighted by atomic mass is 10.2. The van der Waals surface area contributed by atoms with Crippen LogP contribution in [0.2, 0.25) is 0 Å². The second kappa shape index (κ2) is 9.01. The van der Waals surface area contributed by atoms with Crippen molar-refractivity contribution >= 4 is 35.3 Å². The number of halogens is 1. The van der Waals surface area contributed by atoms with Crippen molar-refractivity contribution < 1.29 is 9.53 Å². The van der Waals surface area contributed by atoms with Crippen molar-refractivity contribution in [2.24, 2.45) is 0 Å². The molecule has 3 rings (SSSR count). The highest BCUT2D eigenvalue weighted by molar-refractivity contribution is 5.92. The lowest BCUT2D eigenvalue weighted by Gasteiger charge is -2.16. The maximum atomic E-state index is 12.2. The minimum absolute atomic E-state index is 0. The second-order valence-electron chi connectivity index (χ2n) is 5.95. The Labute approximate surface area is 148 Å². The quantitative estimate of drug-likeness (QED) is 0.752. The Morgan fingerprint density at radius 3 is 2.83 bits per heavy atom. The predicted molar refractivity (Wildman–Crippen MR) is 97.9 cm³/mol. The summed E-state index contributed by atoms with van der Waals surface area (Å²) in [5, 5.41) is 6.02. The molecule has 2 N–H and O–H groups in total. The molecule has 7 heteroatoms. The Morgan fingerprint density at radius 2 is 2.08 bits per heavy atom. The molecule has 0 radical (unpaired) electrons. The van der Waals surface area contributed by atoms with Crippen molar-refractivity contribution in [1.82, 2.24) is 14.9 Å². The van der Waals surface area contributed by atoms with Crippen LogP contribution >= 0.6 is 12.4 Å². The molecule has 1 aromatic heterocycles. The average Bonchev–Trinajstić information content (AvgIpc) is 3.18. The first kappa shape index (κ1) is 18.7. The Bertz CT molecular complexity index is 668. The van der Waals surface area contributed by atoms with E-state index in [-0.39, 0.29) is 24.9 Å². The third-order valence-corrected chi connectivity index (χ3v) is 4.31. The van der Waals surface area contributed by atoms with Crippen LogP contribution in [0.1, 0.15) is 31.7 Å². The smallest absolute Gasteiger partial charge is 0.240 e. The molecule has 6 nitrogen and oxygen atoms in total. The van der Waals surface area contributed by atoms with Crippen LogP contribution in [0.3, 0.4) is 0 Å². The van der Waals surface area contributed by atoms with Crippen LogP contribution in [-0.4, -0.2) is 42.3 Å². The van der Waals surface area contributed by atoms with E-state index < -0.39 is 0 Å². The van der Waals surface area contributed by atoms with Gasteiger partial charge in [-0.15, -0.1) is 12.4 Å². The number of fused-ring (bicyclic) bond motifs is 1. The van der Waals surface area contributed by atoms with Gasteiger partial charge in [0.15, 0.2) is 0 Å². The number of carbonyl (C=O) groups is 1. The van der Waals surface area contributed by atoms with Gasteiger partial charge in [-0.3, -0.25) is 10.1 Å². The molecule has 0 spiro atoms. The van der Waals surface area contributed by atoms with Gasteiger partial charge >= 0.3 is 0 Å². The molecule has 1 aliphatic carbocycles. The summed E-state index contributed by atoms with van der Waals surface area (Å²) in [5.41, 5.74) is 2.03. The highest BCUT2D eigenvalue weighted by atomic mass is 35.5. The Balaban J connectivity index is 0.00000208. The van der Waals surface area contributed by atoms with Crippen molar-refractivity contribution in [2.45, 2.75) is 31.7 Å². The fourth-order valence-corrected chi connectivity index (χ4v) is 3.21. The summed E-state index contributed by atoms with van der Waals surface area (Å²) in [7, 11) is 1.64. The lowest BCUT2D eigenvalue weighted by Crippen LogP contribution is -2.31. The van der Waals surface area contributed by atoms with Crippen LogP contribution in [0.25, 0.3) is 11.0 Å². The predicted octanol–water partition coefficient (Wildman–Crippen LogP) is 2.75. The van der Waals surface area contributed by atoms with Gasteiger partial charge in [0.1, 0.15) is 0 Å². The molecule has 24 heavy (non-hydrogen) atoms. The summed E-state index contributed by atoms with van der Waals surface area (Å²) in [6.07, 6.45) is 4.77. The van der Waals surface area contributed by atoms with Gasteiger partial charge in [0, 0.05) is 19.7 Å². The van der Waals surface area contributed by atoms with Crippen molar-refractivity contribution in [1.29, 1.82) is 0 Å². The van der Waals surface area contributed by atoms with Crippen molar-refractivity contribution in [2.75, 3.05) is 32.1 Å². The molecule has 1 heterocycles. The number of ether oxygens (including phenoxy) is 1. The van der Waals surface area contributed by atoms with Gasteiger partial charge in [-0.1, -0.05) is 25.0 Å². The molecule has 1 saturated carbocycles. The van der Waals surface area contributed by atoms with E-state index in [2.05, 4.69) is 26.3 Å². The van der Waals surface area contributed by atoms with Crippen LogP contribution in [0.15, 0.2) is 24.3 Å². The zero-order valence-electron chi connectivity index (χ0n) is 14.0. The number of nitrogens with one attached hydrogen (secondary N) is 2. The number of rotatable bonds is 7. The molecule has 0 bridgehead atoms. The number of para-hydroxylation sites is 2. The van der Waals surface area contributed by atoms with Crippen molar-refractivity contribution in [3.8, 4) is 0 Å². The van der Waals surface area contributed by atoms with Crippen LogP contribution in [0, 0.1) is 0 Å². The van der Waals surface area contributed by atoms with Gasteiger partial charge in [-0.25, -0.2) is 4.98 Å². The topological polar surface area (TPSA) is 68.2 Å². The van der Waals surface area contributed by atoms with Gasteiger partial charge in [0.2, 0.25) is 11.9 Å². The maximum absolute atomic E-state index is 12.2. The van der Waals surface area contributed by atoms with Crippen molar-refractivity contribution in [3.05, 3.63) is 24.3 Å². The van der Waals surface area contributed by atoms with E-state index in [1.165, 1.54) is 12.8 Å². The van der Waals surface area contributed by atoms with E-state index in [9.17, 15) is 4.79 Å². The van der Waals surface area contributed by atoms with E-state index in [0.717, 1.165) is 23.9 Å². The molecule has 0 unspecified atom stereocenters. The summed E-state index contributed by atoms with van der Waals surface area (Å²) in [6, 6.07) is 8.50. The third kappa shape index (κ3) is 4.26. The lowest BCUT2D eigenvalue weighted by molar-refractivity contribution is -0.115. The summed E-state index contributed by atoms with van der Waals surface area (Å²) >= 11 is 0. The second-order valence-corrected chi connectivity index (χ2v) is 5.95. The van der Waals surface area contributed by atoms with E-state index in [1.807, 2.05) is 18.2 Å². The molecule has 1 amide bonds. The fraction of sp³-hybridized carbons (Fsp3) is 0.529. The number of carbonyl (C=O) groups excluding carboxylic acids is 1. The maximum Gasteiger partial charge on any atom is 0.240 e. The SMILES string of the molecule is COCCNCC(=O)Nc1nc2ccccc2n1C1CCCC1.Cl. The van der Waals surface area contributed by atoms with Gasteiger partial charge in [-0.05, 0) is 25.0 Å². The number of amides is 1. The fourth-order valence-electron chi connectivity index (χ4n) is 3.21. The molecular formula is C17H25ClN4O2. The van der Waals surface area contributed by atoms with Crippen LogP contribution in [0.4, 0.5) is 5.95 Å². The van der Waals surface area contributed by atoms with E-state index >= 15 is 0 Å². The largest absolute Gasteiger partial charge is 0.383 e. The zero-order valence-corrected chi connectivity index (χ0v) is 14.8. The molecule has 0 aliphatic heterocycles. The molecule has 1 aliphatic rings. The molecule has 1 fully saturated rings. The summed E-state index contributed by atoms with van der Waals surface area (Å²) in [5.74, 6) is 0.590. The first-order chi connectivity index (χ1) is 11.3. The number of hydrogen-bond acceptors (Lipinski definition) is 4. The number of nitrogens with zero attached hydrogens (tertiary/aromatic N) is 2. The number of imidazole rings is 1. The van der Waals surface area contributed by atoms with E-state index in [1.54, 1.807) is 7.11 Å². The summed E-state index contributed by atoms with van der Waals surface area (Å²) < 4.78 is 7.16. The summed E-state index contributed by atoms with van der Waals surface area (Å²) in [4.78, 5) is 16.8. The summed E-state index contributed by atoms with van der Waals surface area (Å²) in [6.45, 7) is 1.51. The minimum Gasteiger partial charge on any atom is -0.383 e. The van der Waals surface area contributed by atoms with Crippen LogP contribution in [0.5, 0.6) is 0 Å². The molecule has 1 aromatic carbocycles. The number of methoxy groups -OCH3 is 1. The Morgan fingerprint density at radius 1 is 1.33 bits per heavy atom. The Hall–Kier alpha value is -1.63. The first-order valence-corrected chi connectivity index (χ1v) is 8.26. The highest BCUT2D eigenvalue weighted by Gasteiger charge is 2.23. The van der Waals surface area contributed by atoms with Crippen LogP contribution < -0.4 is 10.6 Å². The number of anilines is 1. The third-order valence-electron chi connectivity index (χ3n) is 4.31. The monoisotopic (exact) mass is 352 g/mol. The molecule has 132 valence electrons.